The first-order valence-electron chi connectivity index (χ1n) is 6.68. The first-order valence-corrected chi connectivity index (χ1v) is 7.62. The van der Waals surface area contributed by atoms with E-state index >= 15 is 0 Å². The lowest BCUT2D eigenvalue weighted by atomic mass is 10.1. The van der Waals surface area contributed by atoms with Crippen LogP contribution in [0.15, 0.2) is 53.4 Å². The molecule has 0 bridgehead atoms. The summed E-state index contributed by atoms with van der Waals surface area (Å²) in [5, 5.41) is 15.1. The van der Waals surface area contributed by atoms with Crippen molar-refractivity contribution in [3.8, 4) is 11.3 Å². The van der Waals surface area contributed by atoms with Crippen LogP contribution in [0.4, 0.5) is 0 Å². The Labute approximate surface area is 122 Å². The molecule has 0 aliphatic heterocycles. The van der Waals surface area contributed by atoms with Gasteiger partial charge in [0.05, 0.1) is 11.9 Å². The first-order chi connectivity index (χ1) is 9.84. The van der Waals surface area contributed by atoms with E-state index in [0.29, 0.717) is 6.04 Å². The second kappa shape index (κ2) is 6.03. The largest absolute Gasteiger partial charge is 0.306 e. The van der Waals surface area contributed by atoms with E-state index in [1.54, 1.807) is 11.3 Å². The predicted molar refractivity (Wildman–Crippen MR) is 83.6 cm³/mol. The van der Waals surface area contributed by atoms with Crippen LogP contribution in [0, 0.1) is 0 Å². The summed E-state index contributed by atoms with van der Waals surface area (Å²) in [6, 6.07) is 12.8. The maximum absolute atomic E-state index is 4.18. The third-order valence-corrected chi connectivity index (χ3v) is 4.12. The third kappa shape index (κ3) is 2.81. The monoisotopic (exact) mass is 283 g/mol. The van der Waals surface area contributed by atoms with E-state index in [-0.39, 0.29) is 0 Å². The number of hydrogen-bond acceptors (Lipinski definition) is 3. The molecular formula is C16H17N3S. The van der Waals surface area contributed by atoms with Gasteiger partial charge in [0.25, 0.3) is 0 Å². The SMILES string of the molecule is CC(NCc1cn[nH]c1-c1ccccc1)c1ccsc1. The Hall–Kier alpha value is -1.91. The molecule has 3 aromatic rings. The molecule has 0 fully saturated rings. The second-order valence-corrected chi connectivity index (χ2v) is 5.58. The molecule has 0 spiro atoms. The highest BCUT2D eigenvalue weighted by Gasteiger charge is 2.10. The topological polar surface area (TPSA) is 40.7 Å². The first kappa shape index (κ1) is 13.1. The number of thiophene rings is 1. The van der Waals surface area contributed by atoms with Gasteiger partial charge in [0, 0.05) is 18.2 Å². The minimum Gasteiger partial charge on any atom is -0.306 e. The van der Waals surface area contributed by atoms with Crippen molar-refractivity contribution in [2.75, 3.05) is 0 Å². The molecule has 4 heteroatoms. The summed E-state index contributed by atoms with van der Waals surface area (Å²) in [5.74, 6) is 0. The molecule has 1 unspecified atom stereocenters. The van der Waals surface area contributed by atoms with Gasteiger partial charge in [-0.05, 0) is 34.9 Å². The highest BCUT2D eigenvalue weighted by molar-refractivity contribution is 7.07. The molecule has 3 rings (SSSR count). The van der Waals surface area contributed by atoms with E-state index in [1.807, 2.05) is 24.4 Å². The van der Waals surface area contributed by atoms with Gasteiger partial charge in [-0.15, -0.1) is 0 Å². The second-order valence-electron chi connectivity index (χ2n) is 4.80. The molecule has 3 nitrogen and oxygen atoms in total. The van der Waals surface area contributed by atoms with Gasteiger partial charge < -0.3 is 5.32 Å². The lowest BCUT2D eigenvalue weighted by molar-refractivity contribution is 0.577. The fraction of sp³-hybridized carbons (Fsp3) is 0.188. The minimum absolute atomic E-state index is 0.347. The lowest BCUT2D eigenvalue weighted by Crippen LogP contribution is -2.17. The van der Waals surface area contributed by atoms with Crippen LogP contribution in [0.2, 0.25) is 0 Å². The van der Waals surface area contributed by atoms with Crippen molar-refractivity contribution >= 4 is 11.3 Å². The molecule has 1 atom stereocenters. The summed E-state index contributed by atoms with van der Waals surface area (Å²) in [5.41, 5.74) is 4.79. The van der Waals surface area contributed by atoms with Crippen LogP contribution in [-0.4, -0.2) is 10.2 Å². The van der Waals surface area contributed by atoms with Crippen molar-refractivity contribution in [1.29, 1.82) is 0 Å². The molecule has 0 radical (unpaired) electrons. The summed E-state index contributed by atoms with van der Waals surface area (Å²) >= 11 is 1.73. The number of rotatable bonds is 5. The van der Waals surface area contributed by atoms with Crippen molar-refractivity contribution in [3.05, 3.63) is 64.5 Å². The zero-order valence-electron chi connectivity index (χ0n) is 11.3. The third-order valence-electron chi connectivity index (χ3n) is 3.42. The molecule has 1 aromatic carbocycles. The summed E-state index contributed by atoms with van der Waals surface area (Å²) in [4.78, 5) is 0. The van der Waals surface area contributed by atoms with E-state index < -0.39 is 0 Å². The summed E-state index contributed by atoms with van der Waals surface area (Å²) in [6.07, 6.45) is 1.90. The van der Waals surface area contributed by atoms with Crippen LogP contribution < -0.4 is 5.32 Å². The number of aromatic amines is 1. The molecule has 2 N–H and O–H groups in total. The average molecular weight is 283 g/mol. The molecule has 20 heavy (non-hydrogen) atoms. The Balaban J connectivity index is 1.72. The minimum atomic E-state index is 0.347. The fourth-order valence-electron chi connectivity index (χ4n) is 2.20. The lowest BCUT2D eigenvalue weighted by Gasteiger charge is -2.12. The van der Waals surface area contributed by atoms with Crippen LogP contribution in [0.3, 0.4) is 0 Å². The molecule has 2 heterocycles. The van der Waals surface area contributed by atoms with Crippen LogP contribution in [0.5, 0.6) is 0 Å². The normalized spacial score (nSPS) is 12.4. The molecule has 0 saturated carbocycles. The Morgan fingerprint density at radius 1 is 1.25 bits per heavy atom. The van der Waals surface area contributed by atoms with Gasteiger partial charge >= 0.3 is 0 Å². The number of benzene rings is 1. The Morgan fingerprint density at radius 3 is 2.85 bits per heavy atom. The smallest absolute Gasteiger partial charge is 0.0695 e. The van der Waals surface area contributed by atoms with Crippen molar-refractivity contribution in [2.45, 2.75) is 19.5 Å². The predicted octanol–water partition coefficient (Wildman–Crippen LogP) is 3.99. The van der Waals surface area contributed by atoms with Crippen LogP contribution in [0.1, 0.15) is 24.1 Å². The number of hydrogen-bond donors (Lipinski definition) is 2. The van der Waals surface area contributed by atoms with Gasteiger partial charge in [0.15, 0.2) is 0 Å². The van der Waals surface area contributed by atoms with Gasteiger partial charge in [-0.3, -0.25) is 5.10 Å². The van der Waals surface area contributed by atoms with Gasteiger partial charge in [-0.1, -0.05) is 30.3 Å². The number of nitrogens with zero attached hydrogens (tertiary/aromatic N) is 1. The average Bonchev–Trinajstić information content (AvgIpc) is 3.17. The van der Waals surface area contributed by atoms with Crippen LogP contribution >= 0.6 is 11.3 Å². The zero-order valence-corrected chi connectivity index (χ0v) is 12.2. The van der Waals surface area contributed by atoms with Gasteiger partial charge in [-0.25, -0.2) is 0 Å². The molecule has 0 saturated heterocycles. The number of H-pyrrole nitrogens is 1. The molecule has 102 valence electrons. The highest BCUT2D eigenvalue weighted by Crippen LogP contribution is 2.22. The van der Waals surface area contributed by atoms with E-state index in [9.17, 15) is 0 Å². The number of aromatic nitrogens is 2. The quantitative estimate of drug-likeness (QED) is 0.743. The maximum Gasteiger partial charge on any atom is 0.0695 e. The van der Waals surface area contributed by atoms with Crippen molar-refractivity contribution < 1.29 is 0 Å². The van der Waals surface area contributed by atoms with Gasteiger partial charge in [-0.2, -0.15) is 16.4 Å². The van der Waals surface area contributed by atoms with Gasteiger partial charge in [0.1, 0.15) is 0 Å². The van der Waals surface area contributed by atoms with Crippen LogP contribution in [0.25, 0.3) is 11.3 Å². The van der Waals surface area contributed by atoms with Crippen molar-refractivity contribution in [2.24, 2.45) is 0 Å². The molecule has 0 amide bonds. The fourth-order valence-corrected chi connectivity index (χ4v) is 2.96. The van der Waals surface area contributed by atoms with E-state index in [1.165, 1.54) is 16.7 Å². The number of nitrogens with one attached hydrogen (secondary N) is 2. The van der Waals surface area contributed by atoms with E-state index in [0.717, 1.165) is 12.2 Å². The Bertz CT molecular complexity index is 643. The molecule has 0 aliphatic rings. The zero-order chi connectivity index (χ0) is 13.8. The highest BCUT2D eigenvalue weighted by atomic mass is 32.1. The summed E-state index contributed by atoms with van der Waals surface area (Å²) in [7, 11) is 0. The Kier molecular flexibility index (Phi) is 3.95. The van der Waals surface area contributed by atoms with Crippen LogP contribution in [-0.2, 0) is 6.54 Å². The molecular weight excluding hydrogens is 266 g/mol. The van der Waals surface area contributed by atoms with E-state index in [4.69, 9.17) is 0 Å². The van der Waals surface area contributed by atoms with E-state index in [2.05, 4.69) is 51.4 Å². The Morgan fingerprint density at radius 2 is 2.10 bits per heavy atom. The molecule has 0 aliphatic carbocycles. The molecule has 2 aromatic heterocycles. The van der Waals surface area contributed by atoms with Crippen molar-refractivity contribution in [3.63, 3.8) is 0 Å². The summed E-state index contributed by atoms with van der Waals surface area (Å²) in [6.45, 7) is 2.99. The standard InChI is InChI=1S/C16H17N3S/c1-12(14-7-8-20-11-14)17-9-15-10-18-19-16(15)13-5-3-2-4-6-13/h2-8,10-12,17H,9H2,1H3,(H,18,19). The summed E-state index contributed by atoms with van der Waals surface area (Å²) < 4.78 is 0. The maximum atomic E-state index is 4.18. The van der Waals surface area contributed by atoms with Crippen molar-refractivity contribution in [1.82, 2.24) is 15.5 Å². The van der Waals surface area contributed by atoms with Gasteiger partial charge in [0.2, 0.25) is 0 Å².